The highest BCUT2D eigenvalue weighted by Crippen LogP contribution is 2.61. The van der Waals surface area contributed by atoms with Gasteiger partial charge in [-0.3, -0.25) is 14.5 Å². The summed E-state index contributed by atoms with van der Waals surface area (Å²) in [6, 6.07) is 9.42. The monoisotopic (exact) mass is 538 g/mol. The van der Waals surface area contributed by atoms with Crippen molar-refractivity contribution in [3.8, 4) is 0 Å². The summed E-state index contributed by atoms with van der Waals surface area (Å²) >= 11 is 0. The van der Waals surface area contributed by atoms with Crippen LogP contribution in [0.2, 0.25) is 0 Å². The van der Waals surface area contributed by atoms with Gasteiger partial charge in [-0.25, -0.2) is 0 Å². The highest BCUT2D eigenvalue weighted by molar-refractivity contribution is 5.86. The van der Waals surface area contributed by atoms with Gasteiger partial charge < -0.3 is 28.3 Å². The number of carbonyl (C=O) groups excluding carboxylic acids is 2. The zero-order valence-corrected chi connectivity index (χ0v) is 23.3. The maximum atomic E-state index is 12.1. The Labute approximate surface area is 228 Å². The van der Waals surface area contributed by atoms with Gasteiger partial charge in [-0.15, -0.1) is 0 Å². The van der Waals surface area contributed by atoms with Gasteiger partial charge in [-0.2, -0.15) is 0 Å². The van der Waals surface area contributed by atoms with Crippen LogP contribution in [0, 0.1) is 17.8 Å². The summed E-state index contributed by atoms with van der Waals surface area (Å²) in [4.78, 5) is 26.1. The van der Waals surface area contributed by atoms with E-state index >= 15 is 0 Å². The molecule has 6 heterocycles. The van der Waals surface area contributed by atoms with Gasteiger partial charge >= 0.3 is 11.9 Å². The lowest BCUT2D eigenvalue weighted by Gasteiger charge is -2.57. The Bertz CT molecular complexity index is 1340. The predicted molar refractivity (Wildman–Crippen MR) is 140 cm³/mol. The molecule has 1 aromatic carbocycles. The minimum absolute atomic E-state index is 0.0803. The van der Waals surface area contributed by atoms with Gasteiger partial charge in [0.15, 0.2) is 11.9 Å². The van der Waals surface area contributed by atoms with Gasteiger partial charge in [-0.1, -0.05) is 18.2 Å². The minimum atomic E-state index is -1.12. The molecule has 0 radical (unpaired) electrons. The summed E-state index contributed by atoms with van der Waals surface area (Å²) in [6.45, 7) is 5.52. The Morgan fingerprint density at radius 2 is 1.90 bits per heavy atom. The summed E-state index contributed by atoms with van der Waals surface area (Å²) in [7, 11) is 4.46. The third-order valence-corrected chi connectivity index (χ3v) is 10.3. The molecule has 0 amide bonds. The van der Waals surface area contributed by atoms with E-state index in [0.29, 0.717) is 43.4 Å². The third kappa shape index (κ3) is 3.73. The second-order valence-electron chi connectivity index (χ2n) is 12.4. The molecule has 0 aliphatic carbocycles. The lowest BCUT2D eigenvalue weighted by Crippen LogP contribution is -2.60. The van der Waals surface area contributed by atoms with Crippen molar-refractivity contribution in [3.63, 3.8) is 0 Å². The van der Waals surface area contributed by atoms with Crippen molar-refractivity contribution in [2.45, 2.75) is 82.3 Å². The van der Waals surface area contributed by atoms with Crippen LogP contribution in [0.15, 0.2) is 24.3 Å². The number of hydrogen-bond acceptors (Lipinski definition) is 8. The summed E-state index contributed by atoms with van der Waals surface area (Å²) in [6.07, 6.45) is 2.00. The second-order valence-corrected chi connectivity index (χ2v) is 12.4. The fourth-order valence-electron chi connectivity index (χ4n) is 8.69. The molecule has 2 bridgehead atoms. The van der Waals surface area contributed by atoms with Crippen molar-refractivity contribution >= 4 is 22.8 Å². The number of piperidine rings is 1. The first-order valence-corrected chi connectivity index (χ1v) is 14.2. The average molecular weight is 539 g/mol. The van der Waals surface area contributed by atoms with E-state index in [1.54, 1.807) is 0 Å². The summed E-state index contributed by atoms with van der Waals surface area (Å²) in [5, 5.41) is 1.36. The van der Waals surface area contributed by atoms with Crippen LogP contribution in [0.25, 0.3) is 10.9 Å². The maximum absolute atomic E-state index is 12.1. The van der Waals surface area contributed by atoms with Gasteiger partial charge in [-0.05, 0) is 44.4 Å². The lowest BCUT2D eigenvalue weighted by molar-refractivity contribution is -0.348. The first-order chi connectivity index (χ1) is 18.6. The number of esters is 2. The molecule has 2 aromatic rings. The van der Waals surface area contributed by atoms with Crippen molar-refractivity contribution in [3.05, 3.63) is 35.5 Å². The molecule has 9 heteroatoms. The van der Waals surface area contributed by atoms with E-state index in [1.165, 1.54) is 36.0 Å². The van der Waals surface area contributed by atoms with Crippen LogP contribution in [0.5, 0.6) is 0 Å². The highest BCUT2D eigenvalue weighted by Gasteiger charge is 2.68. The number of likely N-dealkylation sites (N-methyl/N-ethyl adjacent to an activating group) is 1. The molecule has 39 heavy (non-hydrogen) atoms. The molecule has 5 aliphatic heterocycles. The smallest absolute Gasteiger partial charge is 0.303 e. The van der Waals surface area contributed by atoms with Crippen LogP contribution in [0.4, 0.5) is 0 Å². The van der Waals surface area contributed by atoms with Crippen molar-refractivity contribution in [2.24, 2.45) is 24.8 Å². The van der Waals surface area contributed by atoms with E-state index in [4.69, 9.17) is 23.7 Å². The maximum Gasteiger partial charge on any atom is 0.303 e. The summed E-state index contributed by atoms with van der Waals surface area (Å²) < 4.78 is 33.2. The molecule has 5 aliphatic rings. The van der Waals surface area contributed by atoms with E-state index in [0.717, 1.165) is 12.8 Å². The summed E-state index contributed by atoms with van der Waals surface area (Å²) in [5.41, 5.74) is 4.19. The quantitative estimate of drug-likeness (QED) is 0.549. The first kappa shape index (κ1) is 25.5. The molecule has 0 saturated carbocycles. The Balaban J connectivity index is 1.22. The topological polar surface area (TPSA) is 88.5 Å². The molecule has 210 valence electrons. The number of fused-ring (bicyclic) bond motifs is 10. The number of hydrogen-bond donors (Lipinski definition) is 0. The van der Waals surface area contributed by atoms with E-state index < -0.39 is 23.8 Å². The molecule has 4 fully saturated rings. The number of rotatable bonds is 3. The number of nitrogens with zero attached hydrogens (tertiary/aromatic N) is 2. The van der Waals surface area contributed by atoms with Crippen LogP contribution in [-0.2, 0) is 46.7 Å². The molecule has 9 atom stereocenters. The SMILES string of the molecule is CC(=O)OC[C@H]1C[C@@H](OC(C)=O)[C@]2(C[C@H]3[C@@H]4C[C@H]5c6c(c7ccccc7n6C)C[C@@H]([C@@H]4CO[C@@]3(C)O2)N5C)O1. The van der Waals surface area contributed by atoms with Crippen molar-refractivity contribution in [1.29, 1.82) is 0 Å². The van der Waals surface area contributed by atoms with Gasteiger partial charge in [0.1, 0.15) is 6.61 Å². The fraction of sp³-hybridized carbons (Fsp3) is 0.667. The molecule has 0 unspecified atom stereocenters. The molecule has 9 nitrogen and oxygen atoms in total. The Hall–Kier alpha value is -2.46. The molecular formula is C30H38N2O7. The van der Waals surface area contributed by atoms with Crippen molar-refractivity contribution in [1.82, 2.24) is 9.47 Å². The first-order valence-electron chi connectivity index (χ1n) is 14.2. The van der Waals surface area contributed by atoms with E-state index in [2.05, 4.69) is 47.8 Å². The van der Waals surface area contributed by atoms with E-state index in [9.17, 15) is 9.59 Å². The third-order valence-electron chi connectivity index (χ3n) is 10.3. The average Bonchev–Trinajstić information content (AvgIpc) is 3.47. The number of ether oxygens (including phenoxy) is 5. The molecule has 7 rings (SSSR count). The fourth-order valence-corrected chi connectivity index (χ4v) is 8.69. The standard InChI is InChI=1S/C30H38N2O7/c1-16(33)35-14-18-10-27(37-17(2)34)30(38-18)13-23-20-11-26-28-21(19-8-6-7-9-24(19)32(28)5)12-25(31(26)4)22(20)15-36-29(23,3)39-30/h6-9,18,20,22-23,25-27H,10-15H2,1-5H3/t18-,20-,22-,23+,25+,26+,27-,29+,30-/m1/s1. The van der Waals surface area contributed by atoms with Crippen LogP contribution >= 0.6 is 0 Å². The van der Waals surface area contributed by atoms with Gasteiger partial charge in [0, 0.05) is 68.2 Å². The number of benzene rings is 1. The molecular weight excluding hydrogens is 500 g/mol. The predicted octanol–water partition coefficient (Wildman–Crippen LogP) is 3.47. The van der Waals surface area contributed by atoms with Crippen LogP contribution in [0.1, 0.15) is 57.3 Å². The van der Waals surface area contributed by atoms with Crippen LogP contribution in [-0.4, -0.2) is 71.5 Å². The van der Waals surface area contributed by atoms with Crippen molar-refractivity contribution in [2.75, 3.05) is 20.3 Å². The summed E-state index contributed by atoms with van der Waals surface area (Å²) in [5.74, 6) is -1.90. The molecule has 1 spiro atoms. The van der Waals surface area contributed by atoms with Gasteiger partial charge in [0.2, 0.25) is 5.79 Å². The number of carbonyl (C=O) groups is 2. The van der Waals surface area contributed by atoms with E-state index in [1.807, 2.05) is 6.92 Å². The Morgan fingerprint density at radius 3 is 2.67 bits per heavy atom. The zero-order valence-electron chi connectivity index (χ0n) is 23.3. The number of para-hydroxylation sites is 1. The molecule has 0 N–H and O–H groups in total. The molecule has 1 aromatic heterocycles. The highest BCUT2D eigenvalue weighted by atomic mass is 16.8. The normalized spacial score (nSPS) is 40.8. The molecule has 4 saturated heterocycles. The van der Waals surface area contributed by atoms with Crippen molar-refractivity contribution < 1.29 is 33.3 Å². The minimum Gasteiger partial charge on any atom is -0.463 e. The van der Waals surface area contributed by atoms with Gasteiger partial charge in [0.25, 0.3) is 0 Å². The number of aryl methyl sites for hydroxylation is 1. The zero-order chi connectivity index (χ0) is 27.3. The largest absolute Gasteiger partial charge is 0.463 e. The van der Waals surface area contributed by atoms with Crippen LogP contribution < -0.4 is 0 Å². The Morgan fingerprint density at radius 1 is 1.10 bits per heavy atom. The number of aromatic nitrogens is 1. The Kier molecular flexibility index (Phi) is 5.73. The second kappa shape index (κ2) is 8.77. The van der Waals surface area contributed by atoms with Crippen LogP contribution in [0.3, 0.4) is 0 Å². The lowest BCUT2D eigenvalue weighted by atomic mass is 9.63. The van der Waals surface area contributed by atoms with Gasteiger partial charge in [0.05, 0.1) is 18.8 Å². The van der Waals surface area contributed by atoms with E-state index in [-0.39, 0.29) is 24.5 Å².